The fourth-order valence-electron chi connectivity index (χ4n) is 2.55. The number of rotatable bonds is 10. The van der Waals surface area contributed by atoms with E-state index >= 15 is 0 Å². The van der Waals surface area contributed by atoms with Crippen molar-refractivity contribution < 1.29 is 14.3 Å². The standard InChI is InChI=1S/C21H24N4O4S/c1-4-10-29-21(27)17(13-22)20-25(5-2)19(26)18(30-20)14-24-16-8-6-7-15(12-16)23-9-11-28-3/h4,6-8,12,14,23-24H,1,5,9-11H2,2-3H3/b18-14+,20-17-. The summed E-state index contributed by atoms with van der Waals surface area (Å²) in [6.07, 6.45) is 2.98. The molecule has 0 aliphatic heterocycles. The Labute approximate surface area is 178 Å². The molecule has 0 saturated heterocycles. The van der Waals surface area contributed by atoms with Crippen molar-refractivity contribution in [1.82, 2.24) is 4.57 Å². The number of hydrogen-bond acceptors (Lipinski definition) is 8. The lowest BCUT2D eigenvalue weighted by Gasteiger charge is -2.07. The van der Waals surface area contributed by atoms with Crippen molar-refractivity contribution in [3.05, 3.63) is 56.5 Å². The molecule has 1 aromatic heterocycles. The van der Waals surface area contributed by atoms with Gasteiger partial charge in [0, 0.05) is 37.8 Å². The number of carbonyl (C=O) groups excluding carboxylic acids is 1. The first-order valence-electron chi connectivity index (χ1n) is 9.27. The molecular weight excluding hydrogens is 404 g/mol. The van der Waals surface area contributed by atoms with Crippen LogP contribution in [0.1, 0.15) is 6.92 Å². The molecule has 0 fully saturated rings. The van der Waals surface area contributed by atoms with Crippen LogP contribution in [0.5, 0.6) is 0 Å². The molecule has 30 heavy (non-hydrogen) atoms. The molecule has 0 unspecified atom stereocenters. The molecule has 2 aromatic rings. The molecule has 0 aliphatic carbocycles. The Morgan fingerprint density at radius 1 is 1.40 bits per heavy atom. The number of thiazole rings is 1. The van der Waals surface area contributed by atoms with E-state index in [2.05, 4.69) is 17.2 Å². The van der Waals surface area contributed by atoms with Gasteiger partial charge in [-0.2, -0.15) is 5.26 Å². The summed E-state index contributed by atoms with van der Waals surface area (Å²) in [5.41, 5.74) is 1.20. The molecule has 0 saturated carbocycles. The number of nitrogens with one attached hydrogen (secondary N) is 2. The van der Waals surface area contributed by atoms with E-state index in [1.807, 2.05) is 30.3 Å². The fraction of sp³-hybridized carbons (Fsp3) is 0.286. The van der Waals surface area contributed by atoms with Gasteiger partial charge in [-0.05, 0) is 25.1 Å². The van der Waals surface area contributed by atoms with E-state index in [1.165, 1.54) is 10.6 Å². The van der Waals surface area contributed by atoms with Crippen LogP contribution in [0.15, 0.2) is 41.7 Å². The highest BCUT2D eigenvalue weighted by Crippen LogP contribution is 2.14. The molecule has 2 N–H and O–H groups in total. The second kappa shape index (κ2) is 11.6. The van der Waals surface area contributed by atoms with Gasteiger partial charge in [0.05, 0.1) is 6.61 Å². The highest BCUT2D eigenvalue weighted by molar-refractivity contribution is 7.07. The number of anilines is 2. The molecule has 9 heteroatoms. The van der Waals surface area contributed by atoms with Crippen LogP contribution in [-0.2, 0) is 20.8 Å². The van der Waals surface area contributed by atoms with E-state index < -0.39 is 5.97 Å². The van der Waals surface area contributed by atoms with Crippen molar-refractivity contribution in [3.63, 3.8) is 0 Å². The van der Waals surface area contributed by atoms with E-state index in [9.17, 15) is 14.9 Å². The maximum atomic E-state index is 12.7. The molecule has 0 radical (unpaired) electrons. The zero-order chi connectivity index (χ0) is 21.9. The SMILES string of the molecule is C=CCOC(=O)/C(C#N)=c1\s/c(=C/Nc2cccc(NCCOC)c2)c(=O)n1CC. The smallest absolute Gasteiger partial charge is 0.352 e. The van der Waals surface area contributed by atoms with Crippen molar-refractivity contribution in [2.45, 2.75) is 13.5 Å². The van der Waals surface area contributed by atoms with Crippen molar-refractivity contribution in [2.75, 3.05) is 37.5 Å². The van der Waals surface area contributed by atoms with E-state index in [0.717, 1.165) is 22.7 Å². The molecule has 0 aliphatic rings. The predicted molar refractivity (Wildman–Crippen MR) is 119 cm³/mol. The van der Waals surface area contributed by atoms with Gasteiger partial charge in [-0.15, -0.1) is 11.3 Å². The minimum atomic E-state index is -0.782. The summed E-state index contributed by atoms with van der Waals surface area (Å²) in [4.78, 5) is 24.9. The highest BCUT2D eigenvalue weighted by atomic mass is 32.1. The number of nitrogens with zero attached hydrogens (tertiary/aromatic N) is 2. The predicted octanol–water partition coefficient (Wildman–Crippen LogP) is 1.24. The van der Waals surface area contributed by atoms with Gasteiger partial charge < -0.3 is 20.1 Å². The lowest BCUT2D eigenvalue weighted by atomic mass is 10.3. The third-order valence-corrected chi connectivity index (χ3v) is 5.08. The number of esters is 1. The molecule has 0 amide bonds. The highest BCUT2D eigenvalue weighted by Gasteiger charge is 2.16. The van der Waals surface area contributed by atoms with Crippen LogP contribution in [-0.4, -0.2) is 37.4 Å². The fourth-order valence-corrected chi connectivity index (χ4v) is 3.62. The van der Waals surface area contributed by atoms with Crippen LogP contribution in [0.3, 0.4) is 0 Å². The minimum absolute atomic E-state index is 0.0129. The third kappa shape index (κ3) is 5.83. The number of ether oxygens (including phenoxy) is 2. The average molecular weight is 429 g/mol. The Hall–Kier alpha value is -3.35. The van der Waals surface area contributed by atoms with Gasteiger partial charge in [0.25, 0.3) is 5.56 Å². The summed E-state index contributed by atoms with van der Waals surface area (Å²) in [5, 5.41) is 15.8. The van der Waals surface area contributed by atoms with Crippen LogP contribution < -0.4 is 25.4 Å². The number of carbonyl (C=O) groups is 1. The lowest BCUT2D eigenvalue weighted by Crippen LogP contribution is -2.32. The Morgan fingerprint density at radius 2 is 2.17 bits per heavy atom. The van der Waals surface area contributed by atoms with Gasteiger partial charge in [0.2, 0.25) is 0 Å². The number of hydrogen-bond donors (Lipinski definition) is 2. The van der Waals surface area contributed by atoms with E-state index in [1.54, 1.807) is 20.2 Å². The van der Waals surface area contributed by atoms with Gasteiger partial charge in [-0.3, -0.25) is 9.36 Å². The summed E-state index contributed by atoms with van der Waals surface area (Å²) in [6, 6.07) is 9.43. The molecule has 0 bridgehead atoms. The third-order valence-electron chi connectivity index (χ3n) is 3.95. The molecule has 2 rings (SSSR count). The lowest BCUT2D eigenvalue weighted by molar-refractivity contribution is -0.135. The molecule has 8 nitrogen and oxygen atoms in total. The van der Waals surface area contributed by atoms with Gasteiger partial charge in [0.1, 0.15) is 21.9 Å². The van der Waals surface area contributed by atoms with Crippen molar-refractivity contribution >= 4 is 40.5 Å². The first-order valence-corrected chi connectivity index (χ1v) is 10.1. The second-order valence-corrected chi connectivity index (χ2v) is 7.01. The maximum Gasteiger partial charge on any atom is 0.352 e. The monoisotopic (exact) mass is 428 g/mol. The van der Waals surface area contributed by atoms with E-state index in [0.29, 0.717) is 24.2 Å². The number of aromatic nitrogens is 1. The first kappa shape index (κ1) is 22.9. The Morgan fingerprint density at radius 3 is 2.83 bits per heavy atom. The largest absolute Gasteiger partial charge is 0.457 e. The summed E-state index contributed by atoms with van der Waals surface area (Å²) in [7, 11) is 1.64. The number of methoxy groups -OCH3 is 1. The van der Waals surface area contributed by atoms with E-state index in [4.69, 9.17) is 9.47 Å². The van der Waals surface area contributed by atoms with Crippen molar-refractivity contribution in [2.24, 2.45) is 0 Å². The zero-order valence-corrected chi connectivity index (χ0v) is 17.8. The van der Waals surface area contributed by atoms with Crippen molar-refractivity contribution in [3.8, 4) is 6.07 Å². The Balaban J connectivity index is 2.39. The first-order chi connectivity index (χ1) is 14.5. The van der Waals surface area contributed by atoms with Gasteiger partial charge in [-0.1, -0.05) is 18.7 Å². The molecule has 1 aromatic carbocycles. The summed E-state index contributed by atoms with van der Waals surface area (Å²) < 4.78 is 12.0. The second-order valence-electron chi connectivity index (χ2n) is 5.98. The Bertz CT molecular complexity index is 1110. The minimum Gasteiger partial charge on any atom is -0.457 e. The van der Waals surface area contributed by atoms with Crippen LogP contribution in [0, 0.1) is 11.3 Å². The number of benzene rings is 1. The number of nitriles is 1. The topological polar surface area (TPSA) is 105 Å². The average Bonchev–Trinajstić information content (AvgIpc) is 3.06. The summed E-state index contributed by atoms with van der Waals surface area (Å²) in [6.45, 7) is 6.82. The zero-order valence-electron chi connectivity index (χ0n) is 16.9. The van der Waals surface area contributed by atoms with Crippen molar-refractivity contribution in [1.29, 1.82) is 5.26 Å². The molecule has 1 heterocycles. The molecule has 158 valence electrons. The van der Waals surface area contributed by atoms with E-state index in [-0.39, 0.29) is 22.4 Å². The van der Waals surface area contributed by atoms with Gasteiger partial charge in [0.15, 0.2) is 5.57 Å². The van der Waals surface area contributed by atoms with Gasteiger partial charge in [-0.25, -0.2) is 4.79 Å². The molecule has 0 spiro atoms. The summed E-state index contributed by atoms with van der Waals surface area (Å²) in [5.74, 6) is -0.782. The van der Waals surface area contributed by atoms with Crippen LogP contribution in [0.2, 0.25) is 0 Å². The normalized spacial score (nSPS) is 12.1. The Kier molecular flexibility index (Phi) is 8.87. The quantitative estimate of drug-likeness (QED) is 0.333. The van der Waals surface area contributed by atoms with Gasteiger partial charge >= 0.3 is 5.97 Å². The van der Waals surface area contributed by atoms with Crippen LogP contribution in [0.25, 0.3) is 11.8 Å². The molecule has 0 atom stereocenters. The maximum absolute atomic E-state index is 12.7. The van der Waals surface area contributed by atoms with Crippen LogP contribution >= 0.6 is 11.3 Å². The molecular formula is C21H24N4O4S. The van der Waals surface area contributed by atoms with Crippen LogP contribution in [0.4, 0.5) is 11.4 Å². The summed E-state index contributed by atoms with van der Waals surface area (Å²) >= 11 is 1.06.